The summed E-state index contributed by atoms with van der Waals surface area (Å²) in [4.78, 5) is 2.07. The molecule has 3 unspecified atom stereocenters. The smallest absolute Gasteiger partial charge is 0.0827 e. The van der Waals surface area contributed by atoms with Crippen LogP contribution in [0.4, 0.5) is 0 Å². The number of aliphatic hydroxyl groups is 2. The zero-order valence-electron chi connectivity index (χ0n) is 10.9. The van der Waals surface area contributed by atoms with Crippen LogP contribution in [0.3, 0.4) is 0 Å². The molecule has 0 aliphatic heterocycles. The van der Waals surface area contributed by atoms with Crippen molar-refractivity contribution in [1.82, 2.24) is 4.90 Å². The highest BCUT2D eigenvalue weighted by molar-refractivity contribution is 5.17. The minimum Gasteiger partial charge on any atom is -0.395 e. The third-order valence-corrected chi connectivity index (χ3v) is 3.27. The van der Waals surface area contributed by atoms with Crippen LogP contribution in [0.5, 0.6) is 0 Å². The van der Waals surface area contributed by atoms with Crippen LogP contribution in [0.15, 0.2) is 30.3 Å². The average molecular weight is 237 g/mol. The van der Waals surface area contributed by atoms with Crippen molar-refractivity contribution >= 4 is 0 Å². The van der Waals surface area contributed by atoms with Gasteiger partial charge in [-0.3, -0.25) is 0 Å². The molecule has 0 bridgehead atoms. The van der Waals surface area contributed by atoms with Crippen molar-refractivity contribution in [2.45, 2.75) is 26.0 Å². The van der Waals surface area contributed by atoms with Gasteiger partial charge in [0.25, 0.3) is 0 Å². The molecule has 0 saturated heterocycles. The Morgan fingerprint density at radius 1 is 1.18 bits per heavy atom. The largest absolute Gasteiger partial charge is 0.395 e. The highest BCUT2D eigenvalue weighted by Gasteiger charge is 2.19. The third kappa shape index (κ3) is 4.11. The summed E-state index contributed by atoms with van der Waals surface area (Å²) < 4.78 is 0. The summed E-state index contributed by atoms with van der Waals surface area (Å²) in [7, 11) is 1.97. The van der Waals surface area contributed by atoms with Gasteiger partial charge in [-0.2, -0.15) is 0 Å². The van der Waals surface area contributed by atoms with Crippen LogP contribution in [-0.4, -0.2) is 41.4 Å². The topological polar surface area (TPSA) is 43.7 Å². The number of likely N-dealkylation sites (N-methyl/N-ethyl adjacent to an activating group) is 1. The molecular formula is C14H23NO2. The van der Waals surface area contributed by atoms with Gasteiger partial charge in [0, 0.05) is 12.6 Å². The summed E-state index contributed by atoms with van der Waals surface area (Å²) in [5.41, 5.74) is 0.949. The Hall–Kier alpha value is -0.900. The van der Waals surface area contributed by atoms with E-state index in [1.54, 1.807) is 0 Å². The molecule has 2 N–H and O–H groups in total. The fourth-order valence-electron chi connectivity index (χ4n) is 1.85. The molecule has 0 aliphatic rings. The van der Waals surface area contributed by atoms with Gasteiger partial charge in [0.2, 0.25) is 0 Å². The van der Waals surface area contributed by atoms with Gasteiger partial charge >= 0.3 is 0 Å². The van der Waals surface area contributed by atoms with Crippen molar-refractivity contribution in [1.29, 1.82) is 0 Å². The van der Waals surface area contributed by atoms with Crippen LogP contribution in [0.1, 0.15) is 25.5 Å². The van der Waals surface area contributed by atoms with Crippen molar-refractivity contribution in [3.8, 4) is 0 Å². The fourth-order valence-corrected chi connectivity index (χ4v) is 1.85. The Morgan fingerprint density at radius 3 is 2.29 bits per heavy atom. The van der Waals surface area contributed by atoms with E-state index in [1.807, 2.05) is 51.2 Å². The molecule has 0 saturated carbocycles. The van der Waals surface area contributed by atoms with Crippen LogP contribution >= 0.6 is 0 Å². The summed E-state index contributed by atoms with van der Waals surface area (Å²) in [6.07, 6.45) is -0.454. The Labute approximate surface area is 104 Å². The normalized spacial score (nSPS) is 16.8. The molecule has 0 heterocycles. The van der Waals surface area contributed by atoms with E-state index >= 15 is 0 Å². The lowest BCUT2D eigenvalue weighted by molar-refractivity contribution is 0.0736. The number of benzene rings is 1. The van der Waals surface area contributed by atoms with Crippen LogP contribution in [-0.2, 0) is 0 Å². The highest BCUT2D eigenvalue weighted by atomic mass is 16.3. The van der Waals surface area contributed by atoms with Gasteiger partial charge < -0.3 is 15.1 Å². The number of nitrogens with zero attached hydrogens (tertiary/aromatic N) is 1. The molecule has 1 rings (SSSR count). The molecule has 96 valence electrons. The predicted molar refractivity (Wildman–Crippen MR) is 69.7 cm³/mol. The molecule has 0 spiro atoms. The average Bonchev–Trinajstić information content (AvgIpc) is 2.37. The van der Waals surface area contributed by atoms with Gasteiger partial charge in [0.15, 0.2) is 0 Å². The SMILES string of the molecule is CC(CN(C)C(C)CO)C(O)c1ccccc1. The lowest BCUT2D eigenvalue weighted by atomic mass is 9.97. The first-order valence-corrected chi connectivity index (χ1v) is 6.10. The lowest BCUT2D eigenvalue weighted by Crippen LogP contribution is -2.36. The highest BCUT2D eigenvalue weighted by Crippen LogP contribution is 2.22. The molecular weight excluding hydrogens is 214 g/mol. The van der Waals surface area contributed by atoms with Gasteiger partial charge in [-0.1, -0.05) is 37.3 Å². The van der Waals surface area contributed by atoms with Crippen LogP contribution in [0, 0.1) is 5.92 Å². The van der Waals surface area contributed by atoms with E-state index in [9.17, 15) is 5.11 Å². The minimum atomic E-state index is -0.454. The van der Waals surface area contributed by atoms with E-state index in [1.165, 1.54) is 0 Å². The van der Waals surface area contributed by atoms with E-state index in [-0.39, 0.29) is 18.6 Å². The summed E-state index contributed by atoms with van der Waals surface area (Å²) in [6, 6.07) is 9.82. The van der Waals surface area contributed by atoms with Crippen LogP contribution < -0.4 is 0 Å². The maximum absolute atomic E-state index is 10.2. The predicted octanol–water partition coefficient (Wildman–Crippen LogP) is 1.67. The van der Waals surface area contributed by atoms with Gasteiger partial charge in [-0.05, 0) is 25.5 Å². The van der Waals surface area contributed by atoms with Gasteiger partial charge in [0.1, 0.15) is 0 Å². The third-order valence-electron chi connectivity index (χ3n) is 3.27. The van der Waals surface area contributed by atoms with Crippen molar-refractivity contribution in [2.24, 2.45) is 5.92 Å². The Balaban J connectivity index is 2.56. The maximum atomic E-state index is 10.2. The summed E-state index contributed by atoms with van der Waals surface area (Å²) in [5.74, 6) is 0.136. The Kier molecular flexibility index (Phi) is 5.62. The van der Waals surface area contributed by atoms with Crippen LogP contribution in [0.25, 0.3) is 0 Å². The number of hydrogen-bond acceptors (Lipinski definition) is 3. The first-order chi connectivity index (χ1) is 8.06. The van der Waals surface area contributed by atoms with Crippen molar-refractivity contribution in [3.63, 3.8) is 0 Å². The molecule has 0 radical (unpaired) electrons. The van der Waals surface area contributed by atoms with E-state index in [2.05, 4.69) is 4.90 Å². The van der Waals surface area contributed by atoms with Gasteiger partial charge in [-0.15, -0.1) is 0 Å². The molecule has 17 heavy (non-hydrogen) atoms. The zero-order valence-corrected chi connectivity index (χ0v) is 10.9. The molecule has 3 heteroatoms. The molecule has 0 amide bonds. The molecule has 0 fully saturated rings. The summed E-state index contributed by atoms with van der Waals surface area (Å²) in [6.45, 7) is 4.91. The van der Waals surface area contributed by atoms with Crippen LogP contribution in [0.2, 0.25) is 0 Å². The first kappa shape index (κ1) is 14.2. The fraction of sp³-hybridized carbons (Fsp3) is 0.571. The molecule has 0 aliphatic carbocycles. The molecule has 0 aromatic heterocycles. The van der Waals surface area contributed by atoms with E-state index in [0.717, 1.165) is 12.1 Å². The number of aliphatic hydroxyl groups excluding tert-OH is 2. The lowest BCUT2D eigenvalue weighted by Gasteiger charge is -2.28. The monoisotopic (exact) mass is 237 g/mol. The van der Waals surface area contributed by atoms with Gasteiger partial charge in [-0.25, -0.2) is 0 Å². The first-order valence-electron chi connectivity index (χ1n) is 6.10. The maximum Gasteiger partial charge on any atom is 0.0827 e. The van der Waals surface area contributed by atoms with E-state index < -0.39 is 6.10 Å². The summed E-state index contributed by atoms with van der Waals surface area (Å²) >= 11 is 0. The van der Waals surface area contributed by atoms with Crippen molar-refractivity contribution in [3.05, 3.63) is 35.9 Å². The van der Waals surface area contributed by atoms with Crippen molar-refractivity contribution < 1.29 is 10.2 Å². The van der Waals surface area contributed by atoms with E-state index in [0.29, 0.717) is 0 Å². The number of rotatable bonds is 6. The zero-order chi connectivity index (χ0) is 12.8. The number of hydrogen-bond donors (Lipinski definition) is 2. The van der Waals surface area contributed by atoms with E-state index in [4.69, 9.17) is 5.11 Å². The van der Waals surface area contributed by atoms with Gasteiger partial charge in [0.05, 0.1) is 12.7 Å². The second-order valence-electron chi connectivity index (χ2n) is 4.80. The molecule has 3 nitrogen and oxygen atoms in total. The standard InChI is InChI=1S/C14H23NO2/c1-11(9-15(3)12(2)10-16)14(17)13-7-5-4-6-8-13/h4-8,11-12,14,16-17H,9-10H2,1-3H3. The second-order valence-corrected chi connectivity index (χ2v) is 4.80. The molecule has 1 aromatic carbocycles. The molecule has 1 aromatic rings. The molecule has 3 atom stereocenters. The summed E-state index contributed by atoms with van der Waals surface area (Å²) in [5, 5.41) is 19.3. The van der Waals surface area contributed by atoms with Crippen molar-refractivity contribution in [2.75, 3.05) is 20.2 Å². The Morgan fingerprint density at radius 2 is 1.76 bits per heavy atom. The Bertz CT molecular complexity index is 315. The second kappa shape index (κ2) is 6.74. The quantitative estimate of drug-likeness (QED) is 0.791. The minimum absolute atomic E-state index is 0.125.